The van der Waals surface area contributed by atoms with Gasteiger partial charge in [0, 0.05) is 31.7 Å². The first-order valence-electron chi connectivity index (χ1n) is 8.56. The third-order valence-electron chi connectivity index (χ3n) is 4.72. The third-order valence-corrected chi connectivity index (χ3v) is 4.72. The van der Waals surface area contributed by atoms with E-state index in [0.29, 0.717) is 25.8 Å². The summed E-state index contributed by atoms with van der Waals surface area (Å²) in [7, 11) is 0. The Kier molecular flexibility index (Phi) is 6.63. The van der Waals surface area contributed by atoms with Gasteiger partial charge >= 0.3 is 6.18 Å². The molecule has 140 valence electrons. The normalized spacial score (nSPS) is 17.7. The average molecular weight is 359 g/mol. The number of alkyl halides is 3. The molecule has 1 aliphatic rings. The summed E-state index contributed by atoms with van der Waals surface area (Å²) in [6.45, 7) is 9.77. The summed E-state index contributed by atoms with van der Waals surface area (Å²) in [5, 5.41) is 3.40. The van der Waals surface area contributed by atoms with Crippen LogP contribution >= 0.6 is 0 Å². The second-order valence-corrected chi connectivity index (χ2v) is 6.81. The van der Waals surface area contributed by atoms with E-state index in [-0.39, 0.29) is 23.4 Å². The van der Waals surface area contributed by atoms with E-state index in [2.05, 4.69) is 11.9 Å². The lowest BCUT2D eigenvalue weighted by atomic mass is 9.84. The van der Waals surface area contributed by atoms with Crippen LogP contribution in [0.1, 0.15) is 43.7 Å². The smallest absolute Gasteiger partial charge is 0.381 e. The molecule has 0 bridgehead atoms. The lowest BCUT2D eigenvalue weighted by Gasteiger charge is -2.29. The Morgan fingerprint density at radius 3 is 2.44 bits per heavy atom. The van der Waals surface area contributed by atoms with E-state index in [1.807, 2.05) is 13.8 Å². The highest BCUT2D eigenvalue weighted by Gasteiger charge is 2.32. The quantitative estimate of drug-likeness (QED) is 0.576. The molecule has 1 aromatic rings. The predicted molar refractivity (Wildman–Crippen MR) is 90.0 cm³/mol. The summed E-state index contributed by atoms with van der Waals surface area (Å²) in [6, 6.07) is 3.02. The minimum atomic E-state index is -4.55. The molecule has 2 rings (SSSR count). The lowest BCUT2D eigenvalue weighted by molar-refractivity contribution is -0.137. The predicted octanol–water partition coefficient (Wildman–Crippen LogP) is 4.91. The van der Waals surface area contributed by atoms with Gasteiger partial charge in [0.2, 0.25) is 0 Å². The van der Waals surface area contributed by atoms with Crippen LogP contribution in [0.25, 0.3) is 0 Å². The van der Waals surface area contributed by atoms with Crippen molar-refractivity contribution in [2.24, 2.45) is 5.92 Å². The minimum absolute atomic E-state index is 0.100. The third kappa shape index (κ3) is 5.28. The number of nitrogens with one attached hydrogen (secondary N) is 1. The molecule has 0 radical (unpaired) electrons. The molecule has 0 saturated carbocycles. The molecular weight excluding hydrogens is 334 g/mol. The monoisotopic (exact) mass is 359 g/mol. The molecule has 1 heterocycles. The first-order valence-corrected chi connectivity index (χ1v) is 8.56. The lowest BCUT2D eigenvalue weighted by Crippen LogP contribution is -2.38. The molecule has 0 amide bonds. The van der Waals surface area contributed by atoms with E-state index in [9.17, 15) is 17.6 Å². The van der Waals surface area contributed by atoms with Crippen LogP contribution < -0.4 is 5.32 Å². The van der Waals surface area contributed by atoms with Gasteiger partial charge in [-0.1, -0.05) is 32.1 Å². The SMILES string of the molecule is C=C(C(C)C)[C@H](CNC1CCOCC1)c1ccc(C(F)(F)F)cc1F. The van der Waals surface area contributed by atoms with Crippen LogP contribution in [0.15, 0.2) is 30.4 Å². The molecule has 6 heteroatoms. The molecule has 0 unspecified atom stereocenters. The molecule has 0 aliphatic carbocycles. The molecule has 0 aromatic heterocycles. The first kappa shape index (κ1) is 19.9. The summed E-state index contributed by atoms with van der Waals surface area (Å²) < 4.78 is 58.1. The van der Waals surface area contributed by atoms with Crippen LogP contribution in [0, 0.1) is 11.7 Å². The fourth-order valence-electron chi connectivity index (χ4n) is 3.02. The van der Waals surface area contributed by atoms with E-state index in [0.717, 1.165) is 24.5 Å². The molecule has 1 aromatic carbocycles. The molecule has 25 heavy (non-hydrogen) atoms. The number of benzene rings is 1. The van der Waals surface area contributed by atoms with Gasteiger partial charge in [0.1, 0.15) is 5.82 Å². The fourth-order valence-corrected chi connectivity index (χ4v) is 3.02. The van der Waals surface area contributed by atoms with Crippen molar-refractivity contribution in [3.05, 3.63) is 47.3 Å². The van der Waals surface area contributed by atoms with Crippen LogP contribution in [0.3, 0.4) is 0 Å². The largest absolute Gasteiger partial charge is 0.416 e. The summed E-state index contributed by atoms with van der Waals surface area (Å²) in [6.07, 6.45) is -2.81. The number of ether oxygens (including phenoxy) is 1. The van der Waals surface area contributed by atoms with Crippen LogP contribution in [0.2, 0.25) is 0 Å². The molecule has 2 nitrogen and oxygen atoms in total. The van der Waals surface area contributed by atoms with Gasteiger partial charge in [-0.05, 0) is 36.5 Å². The van der Waals surface area contributed by atoms with Crippen molar-refractivity contribution in [3.63, 3.8) is 0 Å². The Labute approximate surface area is 146 Å². The van der Waals surface area contributed by atoms with Crippen molar-refractivity contribution in [2.75, 3.05) is 19.8 Å². The number of rotatable bonds is 6. The highest BCUT2D eigenvalue weighted by atomic mass is 19.4. The molecule has 1 N–H and O–H groups in total. The van der Waals surface area contributed by atoms with Crippen molar-refractivity contribution < 1.29 is 22.3 Å². The number of hydrogen-bond donors (Lipinski definition) is 1. The second-order valence-electron chi connectivity index (χ2n) is 6.81. The van der Waals surface area contributed by atoms with E-state index in [1.165, 1.54) is 6.07 Å². The average Bonchev–Trinajstić information content (AvgIpc) is 2.55. The minimum Gasteiger partial charge on any atom is -0.381 e. The Hall–Kier alpha value is -1.40. The van der Waals surface area contributed by atoms with E-state index in [1.54, 1.807) is 0 Å². The zero-order valence-corrected chi connectivity index (χ0v) is 14.6. The molecular formula is C19H25F4NO. The molecule has 1 saturated heterocycles. The fraction of sp³-hybridized carbons (Fsp3) is 0.579. The summed E-state index contributed by atoms with van der Waals surface area (Å²) in [5.41, 5.74) is 0.0875. The van der Waals surface area contributed by atoms with Gasteiger partial charge in [-0.25, -0.2) is 4.39 Å². The Balaban J connectivity index is 2.21. The highest BCUT2D eigenvalue weighted by Crippen LogP contribution is 2.34. The van der Waals surface area contributed by atoms with Crippen molar-refractivity contribution in [1.29, 1.82) is 0 Å². The number of halogens is 4. The molecule has 1 fully saturated rings. The van der Waals surface area contributed by atoms with Gasteiger partial charge in [-0.3, -0.25) is 0 Å². The van der Waals surface area contributed by atoms with Crippen molar-refractivity contribution in [3.8, 4) is 0 Å². The standard InChI is InChI=1S/C19H25F4NO/c1-12(2)13(3)17(11-24-15-6-8-25-9-7-15)16-5-4-14(10-18(16)20)19(21,22)23/h4-5,10,12,15,17,24H,3,6-9,11H2,1-2H3/t17-/m0/s1. The van der Waals surface area contributed by atoms with Gasteiger partial charge in [-0.15, -0.1) is 0 Å². The zero-order valence-electron chi connectivity index (χ0n) is 14.6. The summed E-state index contributed by atoms with van der Waals surface area (Å²) in [4.78, 5) is 0. The van der Waals surface area contributed by atoms with E-state index >= 15 is 0 Å². The van der Waals surface area contributed by atoms with E-state index < -0.39 is 17.6 Å². The molecule has 0 spiro atoms. The highest BCUT2D eigenvalue weighted by molar-refractivity contribution is 5.34. The molecule has 1 atom stereocenters. The Morgan fingerprint density at radius 2 is 1.92 bits per heavy atom. The topological polar surface area (TPSA) is 21.3 Å². The van der Waals surface area contributed by atoms with E-state index in [4.69, 9.17) is 4.74 Å². The van der Waals surface area contributed by atoms with Crippen LogP contribution in [0.4, 0.5) is 17.6 Å². The summed E-state index contributed by atoms with van der Waals surface area (Å²) >= 11 is 0. The number of hydrogen-bond acceptors (Lipinski definition) is 2. The van der Waals surface area contributed by atoms with Crippen molar-refractivity contribution >= 4 is 0 Å². The maximum Gasteiger partial charge on any atom is 0.416 e. The van der Waals surface area contributed by atoms with Gasteiger partial charge in [0.05, 0.1) is 5.56 Å². The van der Waals surface area contributed by atoms with Crippen molar-refractivity contribution in [2.45, 2.75) is 44.8 Å². The van der Waals surface area contributed by atoms with Gasteiger partial charge < -0.3 is 10.1 Å². The molecule has 1 aliphatic heterocycles. The van der Waals surface area contributed by atoms with Crippen LogP contribution in [-0.2, 0) is 10.9 Å². The first-order chi connectivity index (χ1) is 11.7. The Morgan fingerprint density at radius 1 is 1.28 bits per heavy atom. The van der Waals surface area contributed by atoms with Crippen LogP contribution in [-0.4, -0.2) is 25.8 Å². The summed E-state index contributed by atoms with van der Waals surface area (Å²) in [5.74, 6) is -1.11. The van der Waals surface area contributed by atoms with Crippen LogP contribution in [0.5, 0.6) is 0 Å². The van der Waals surface area contributed by atoms with Crippen molar-refractivity contribution in [1.82, 2.24) is 5.32 Å². The second kappa shape index (κ2) is 8.32. The van der Waals surface area contributed by atoms with Gasteiger partial charge in [0.25, 0.3) is 0 Å². The maximum atomic E-state index is 14.4. The van der Waals surface area contributed by atoms with Gasteiger partial charge in [0.15, 0.2) is 0 Å². The van der Waals surface area contributed by atoms with Gasteiger partial charge in [-0.2, -0.15) is 13.2 Å². The zero-order chi connectivity index (χ0) is 18.6. The maximum absolute atomic E-state index is 14.4. The Bertz CT molecular complexity index is 592.